The third-order valence-electron chi connectivity index (χ3n) is 1.21. The molecule has 0 amide bonds. The summed E-state index contributed by atoms with van der Waals surface area (Å²) in [5.74, 6) is 0. The van der Waals surface area contributed by atoms with E-state index in [2.05, 4.69) is 0 Å². The fraction of sp³-hybridized carbons (Fsp3) is 0.286. The summed E-state index contributed by atoms with van der Waals surface area (Å²) in [5.41, 5.74) is 1.39. The molecule has 0 aromatic carbocycles. The van der Waals surface area contributed by atoms with Crippen molar-refractivity contribution < 1.29 is 4.42 Å². The lowest BCUT2D eigenvalue weighted by molar-refractivity contribution is 0.538. The second kappa shape index (κ2) is 2.05. The molecule has 0 spiro atoms. The lowest BCUT2D eigenvalue weighted by Gasteiger charge is -1.89. The van der Waals surface area contributed by atoms with E-state index in [1.807, 2.05) is 0 Å². The smallest absolute Gasteiger partial charge is 0.190 e. The van der Waals surface area contributed by atoms with Gasteiger partial charge in [0.25, 0.3) is 0 Å². The van der Waals surface area contributed by atoms with Crippen LogP contribution >= 0.6 is 0 Å². The summed E-state index contributed by atoms with van der Waals surface area (Å²) in [5, 5.41) is 0. The van der Waals surface area contributed by atoms with Crippen molar-refractivity contribution in [2.45, 2.75) is 13.8 Å². The van der Waals surface area contributed by atoms with Crippen LogP contribution in [0.25, 0.3) is 0 Å². The first kappa shape index (κ1) is 6.08. The topological polar surface area (TPSA) is 30.2 Å². The van der Waals surface area contributed by atoms with Crippen LogP contribution in [0, 0.1) is 13.8 Å². The molecule has 0 N–H and O–H groups in total. The van der Waals surface area contributed by atoms with Crippen molar-refractivity contribution in [1.82, 2.24) is 0 Å². The van der Waals surface area contributed by atoms with Gasteiger partial charge in [-0.15, -0.1) is 0 Å². The Labute approximate surface area is 53.1 Å². The molecular formula is C7H8O2. The van der Waals surface area contributed by atoms with Crippen molar-refractivity contribution in [1.29, 1.82) is 0 Å². The standard InChI is InChI=1S/C7H8O2/c1-5-3-9-4-6(2)7(5)8/h3-4H,1-2H3. The maximum absolute atomic E-state index is 10.9. The van der Waals surface area contributed by atoms with E-state index in [9.17, 15) is 4.79 Å². The second-order valence-corrected chi connectivity index (χ2v) is 2.07. The van der Waals surface area contributed by atoms with Crippen LogP contribution in [0.2, 0.25) is 0 Å². The molecule has 0 aliphatic carbocycles. The Bertz CT molecular complexity index is 237. The molecule has 48 valence electrons. The molecule has 0 saturated heterocycles. The summed E-state index contributed by atoms with van der Waals surface area (Å²) in [4.78, 5) is 10.9. The van der Waals surface area contributed by atoms with E-state index in [0.717, 1.165) is 0 Å². The lowest BCUT2D eigenvalue weighted by atomic mass is 10.2. The normalized spacial score (nSPS) is 9.56. The number of rotatable bonds is 0. The molecule has 0 aliphatic heterocycles. The predicted molar refractivity (Wildman–Crippen MR) is 34.5 cm³/mol. The van der Waals surface area contributed by atoms with Gasteiger partial charge in [0, 0.05) is 11.1 Å². The van der Waals surface area contributed by atoms with Crippen molar-refractivity contribution >= 4 is 0 Å². The first-order valence-corrected chi connectivity index (χ1v) is 2.75. The molecule has 1 aromatic rings. The van der Waals surface area contributed by atoms with Crippen molar-refractivity contribution in [2.75, 3.05) is 0 Å². The molecule has 9 heavy (non-hydrogen) atoms. The summed E-state index contributed by atoms with van der Waals surface area (Å²) in [6, 6.07) is 0. The van der Waals surface area contributed by atoms with Crippen LogP contribution in [0.3, 0.4) is 0 Å². The van der Waals surface area contributed by atoms with Crippen molar-refractivity contribution in [3.05, 3.63) is 33.9 Å². The van der Waals surface area contributed by atoms with Gasteiger partial charge in [-0.25, -0.2) is 0 Å². The van der Waals surface area contributed by atoms with Crippen LogP contribution in [0.5, 0.6) is 0 Å². The maximum Gasteiger partial charge on any atom is 0.190 e. The Morgan fingerprint density at radius 1 is 1.22 bits per heavy atom. The zero-order valence-corrected chi connectivity index (χ0v) is 5.47. The van der Waals surface area contributed by atoms with Crippen LogP contribution in [-0.2, 0) is 0 Å². The largest absolute Gasteiger partial charge is 0.472 e. The number of aryl methyl sites for hydroxylation is 2. The molecule has 2 heteroatoms. The SMILES string of the molecule is Cc1cocc(C)c1=O. The van der Waals surface area contributed by atoms with E-state index in [-0.39, 0.29) is 5.43 Å². The van der Waals surface area contributed by atoms with Gasteiger partial charge in [-0.3, -0.25) is 4.79 Å². The highest BCUT2D eigenvalue weighted by Crippen LogP contribution is 1.91. The summed E-state index contributed by atoms with van der Waals surface area (Å²) in [7, 11) is 0. The molecule has 0 unspecified atom stereocenters. The zero-order chi connectivity index (χ0) is 6.85. The first-order chi connectivity index (χ1) is 4.22. The Balaban J connectivity index is 3.43. The van der Waals surface area contributed by atoms with Gasteiger partial charge in [-0.05, 0) is 13.8 Å². The monoisotopic (exact) mass is 124 g/mol. The fourth-order valence-corrected chi connectivity index (χ4v) is 0.656. The lowest BCUT2D eigenvalue weighted by Crippen LogP contribution is -2.06. The van der Waals surface area contributed by atoms with Gasteiger partial charge in [-0.1, -0.05) is 0 Å². The van der Waals surface area contributed by atoms with Crippen LogP contribution < -0.4 is 5.43 Å². The average molecular weight is 124 g/mol. The summed E-state index contributed by atoms with van der Waals surface area (Å²) < 4.78 is 4.82. The van der Waals surface area contributed by atoms with E-state index >= 15 is 0 Å². The summed E-state index contributed by atoms with van der Waals surface area (Å²) in [6.45, 7) is 3.47. The highest BCUT2D eigenvalue weighted by Gasteiger charge is 1.94. The van der Waals surface area contributed by atoms with Gasteiger partial charge >= 0.3 is 0 Å². The van der Waals surface area contributed by atoms with E-state index in [1.54, 1.807) is 13.8 Å². The van der Waals surface area contributed by atoms with Crippen LogP contribution in [0.15, 0.2) is 21.7 Å². The van der Waals surface area contributed by atoms with E-state index in [0.29, 0.717) is 11.1 Å². The Morgan fingerprint density at radius 3 is 2.00 bits per heavy atom. The first-order valence-electron chi connectivity index (χ1n) is 2.75. The van der Waals surface area contributed by atoms with E-state index in [4.69, 9.17) is 4.42 Å². The van der Waals surface area contributed by atoms with Gasteiger partial charge in [-0.2, -0.15) is 0 Å². The molecule has 0 saturated carbocycles. The highest BCUT2D eigenvalue weighted by atomic mass is 16.3. The third kappa shape index (κ3) is 1.02. The molecule has 0 aliphatic rings. The van der Waals surface area contributed by atoms with Crippen LogP contribution in [-0.4, -0.2) is 0 Å². The Morgan fingerprint density at radius 2 is 1.67 bits per heavy atom. The molecule has 0 bridgehead atoms. The minimum absolute atomic E-state index is 0.0706. The molecule has 0 fully saturated rings. The van der Waals surface area contributed by atoms with Crippen molar-refractivity contribution in [2.24, 2.45) is 0 Å². The van der Waals surface area contributed by atoms with Gasteiger partial charge in [0.15, 0.2) is 5.43 Å². The van der Waals surface area contributed by atoms with Gasteiger partial charge in [0.05, 0.1) is 12.5 Å². The fourth-order valence-electron chi connectivity index (χ4n) is 0.656. The minimum atomic E-state index is 0.0706. The number of hydrogen-bond donors (Lipinski definition) is 0. The van der Waals surface area contributed by atoms with Crippen molar-refractivity contribution in [3.63, 3.8) is 0 Å². The summed E-state index contributed by atoms with van der Waals surface area (Å²) in [6.07, 6.45) is 2.91. The maximum atomic E-state index is 10.9. The highest BCUT2D eigenvalue weighted by molar-refractivity contribution is 5.12. The molecule has 0 atom stereocenters. The molecule has 1 aromatic heterocycles. The average Bonchev–Trinajstić information content (AvgIpc) is 1.83. The van der Waals surface area contributed by atoms with E-state index < -0.39 is 0 Å². The van der Waals surface area contributed by atoms with Crippen LogP contribution in [0.4, 0.5) is 0 Å². The molecule has 2 nitrogen and oxygen atoms in total. The molecule has 0 radical (unpaired) electrons. The van der Waals surface area contributed by atoms with Crippen LogP contribution in [0.1, 0.15) is 11.1 Å². The molecule has 1 heterocycles. The van der Waals surface area contributed by atoms with Gasteiger partial charge in [0.2, 0.25) is 0 Å². The number of hydrogen-bond acceptors (Lipinski definition) is 2. The zero-order valence-electron chi connectivity index (χ0n) is 5.47. The predicted octanol–water partition coefficient (Wildman–Crippen LogP) is 1.26. The molecular weight excluding hydrogens is 116 g/mol. The quantitative estimate of drug-likeness (QED) is 0.521. The minimum Gasteiger partial charge on any atom is -0.472 e. The van der Waals surface area contributed by atoms with Gasteiger partial charge < -0.3 is 4.42 Å². The molecule has 1 rings (SSSR count). The van der Waals surface area contributed by atoms with E-state index in [1.165, 1.54) is 12.5 Å². The van der Waals surface area contributed by atoms with Gasteiger partial charge in [0.1, 0.15) is 0 Å². The van der Waals surface area contributed by atoms with Crippen molar-refractivity contribution in [3.8, 4) is 0 Å². The Hall–Kier alpha value is -1.05. The summed E-state index contributed by atoms with van der Waals surface area (Å²) >= 11 is 0. The Kier molecular flexibility index (Phi) is 1.39. The third-order valence-corrected chi connectivity index (χ3v) is 1.21. The second-order valence-electron chi connectivity index (χ2n) is 2.07.